The third-order valence-corrected chi connectivity index (χ3v) is 14.4. The summed E-state index contributed by atoms with van der Waals surface area (Å²) in [5.41, 5.74) is 0.929. The molecule has 0 saturated carbocycles. The number of hydrogen-bond donors (Lipinski definition) is 0. The van der Waals surface area contributed by atoms with E-state index in [4.69, 9.17) is 23.1 Å². The number of hydrogen-bond acceptors (Lipinski definition) is 8. The Balaban J connectivity index is 1.53. The molecule has 0 bridgehead atoms. The molecule has 3 aromatic carbocycles. The Morgan fingerprint density at radius 1 is 1.00 bits per heavy atom. The van der Waals surface area contributed by atoms with Crippen molar-refractivity contribution >= 4 is 52.8 Å². The van der Waals surface area contributed by atoms with Crippen molar-refractivity contribution in [3.05, 3.63) is 59.1 Å². The number of amides is 1. The lowest BCUT2D eigenvalue weighted by atomic mass is 9.86. The molecule has 2 aliphatic heterocycles. The first-order valence-electron chi connectivity index (χ1n) is 15.4. The normalized spacial score (nSPS) is 23.4. The summed E-state index contributed by atoms with van der Waals surface area (Å²) in [4.78, 5) is 43.3. The van der Waals surface area contributed by atoms with E-state index in [0.29, 0.717) is 11.1 Å². The summed E-state index contributed by atoms with van der Waals surface area (Å²) in [5.74, 6) is -2.60. The van der Waals surface area contributed by atoms with Crippen LogP contribution in [0.2, 0.25) is 18.1 Å². The van der Waals surface area contributed by atoms with Gasteiger partial charge in [-0.15, -0.1) is 0 Å². The molecule has 10 nitrogen and oxygen atoms in total. The summed E-state index contributed by atoms with van der Waals surface area (Å²) in [7, 11) is -1.07. The molecule has 1 aromatic heterocycles. The number of nitrogens with zero attached hydrogens (tertiary/aromatic N) is 2. The van der Waals surface area contributed by atoms with E-state index >= 15 is 0 Å². The number of carbonyl (C=O) groups is 2. The van der Waals surface area contributed by atoms with E-state index in [0.717, 1.165) is 21.5 Å². The minimum absolute atomic E-state index is 0.137. The number of carbonyl (C=O) groups excluding carboxylic acids is 2. The van der Waals surface area contributed by atoms with Crippen LogP contribution in [-0.4, -0.2) is 73.5 Å². The number of esters is 1. The Bertz CT molecular complexity index is 1870. The largest absolute Gasteiger partial charge is 0.467 e. The molecular formula is C34H42N2O8Si. The second-order valence-electron chi connectivity index (χ2n) is 14.1. The van der Waals surface area contributed by atoms with Gasteiger partial charge in [-0.3, -0.25) is 9.36 Å². The predicted octanol–water partition coefficient (Wildman–Crippen LogP) is 5.76. The van der Waals surface area contributed by atoms with Gasteiger partial charge in [0.15, 0.2) is 25.7 Å². The molecule has 5 atom stereocenters. The van der Waals surface area contributed by atoms with E-state index in [-0.39, 0.29) is 11.6 Å². The zero-order valence-electron chi connectivity index (χ0n) is 27.4. The lowest BCUT2D eigenvalue weighted by molar-refractivity contribution is -0.191. The number of ether oxygens (including phenoxy) is 3. The van der Waals surface area contributed by atoms with Gasteiger partial charge in [-0.2, -0.15) is 0 Å². The van der Waals surface area contributed by atoms with Crippen LogP contribution >= 0.6 is 0 Å². The minimum atomic E-state index is -2.37. The van der Waals surface area contributed by atoms with Gasteiger partial charge in [-0.25, -0.2) is 9.59 Å². The van der Waals surface area contributed by atoms with Crippen LogP contribution in [0.4, 0.5) is 0 Å². The first kappa shape index (κ1) is 31.5. The van der Waals surface area contributed by atoms with Crippen LogP contribution in [-0.2, 0) is 28.2 Å². The highest BCUT2D eigenvalue weighted by molar-refractivity contribution is 6.74. The number of aromatic nitrogens is 1. The van der Waals surface area contributed by atoms with Crippen LogP contribution in [0, 0.1) is 0 Å². The van der Waals surface area contributed by atoms with Gasteiger partial charge in [0.1, 0.15) is 12.1 Å². The Morgan fingerprint density at radius 3 is 2.13 bits per heavy atom. The zero-order valence-corrected chi connectivity index (χ0v) is 28.4. The quantitative estimate of drug-likeness (QED) is 0.109. The SMILES string of the molecule is COC(=O)[C@@H]([C@H](C)O[Si](C)(C)C(C)(C)C)N1C(=O)[C@H](n2c(=O)oc3c4ccccc4c4ccccc4c32)[C@@H]1[C@H]1COC(C)(C)O1. The Labute approximate surface area is 263 Å². The number of benzene rings is 3. The molecule has 2 fully saturated rings. The number of β-lactam (4-membered cyclic amide) rings is 1. The zero-order chi connectivity index (χ0) is 32.6. The lowest BCUT2D eigenvalue weighted by Gasteiger charge is -2.53. The molecule has 11 heteroatoms. The number of oxazole rings is 1. The van der Waals surface area contributed by atoms with Crippen molar-refractivity contribution in [1.29, 1.82) is 0 Å². The molecule has 240 valence electrons. The first-order valence-corrected chi connectivity index (χ1v) is 18.3. The average molecular weight is 635 g/mol. The van der Waals surface area contributed by atoms with Crippen LogP contribution < -0.4 is 5.76 Å². The first-order chi connectivity index (χ1) is 21.1. The number of methoxy groups -OCH3 is 1. The molecule has 0 radical (unpaired) electrons. The molecule has 3 heterocycles. The van der Waals surface area contributed by atoms with Gasteiger partial charge in [0, 0.05) is 10.8 Å². The molecule has 0 spiro atoms. The van der Waals surface area contributed by atoms with Crippen LogP contribution in [0.15, 0.2) is 57.7 Å². The lowest BCUT2D eigenvalue weighted by Crippen LogP contribution is -2.73. The maximum Gasteiger partial charge on any atom is 0.420 e. The molecule has 0 unspecified atom stereocenters. The van der Waals surface area contributed by atoms with Crippen molar-refractivity contribution in [2.24, 2.45) is 0 Å². The Morgan fingerprint density at radius 2 is 1.58 bits per heavy atom. The predicted molar refractivity (Wildman–Crippen MR) is 174 cm³/mol. The summed E-state index contributed by atoms with van der Waals surface area (Å²) < 4.78 is 31.6. The molecule has 2 saturated heterocycles. The smallest absolute Gasteiger partial charge is 0.420 e. The topological polar surface area (TPSA) is 109 Å². The molecule has 1 amide bonds. The standard InChI is InChI=1S/C34H42N2O8Si/c1-19(44-45(8,9)33(2,3)4)25(31(38)40-7)35-27(24-18-41-34(5,6)43-24)28(30(35)37)36-26-22-16-12-10-14-20(22)21-15-11-13-17-23(21)29(26)42-32(36)39/h10-17,19,24-25,27-28H,18H2,1-9H3/t19-,24+,25+,27-,28+/m0/s1. The van der Waals surface area contributed by atoms with Gasteiger partial charge in [-0.05, 0) is 49.7 Å². The third kappa shape index (κ3) is 5.00. The van der Waals surface area contributed by atoms with E-state index in [9.17, 15) is 14.4 Å². The molecule has 2 aliphatic rings. The maximum absolute atomic E-state index is 14.5. The molecule has 45 heavy (non-hydrogen) atoms. The van der Waals surface area contributed by atoms with Crippen molar-refractivity contribution in [3.63, 3.8) is 0 Å². The highest BCUT2D eigenvalue weighted by atomic mass is 28.4. The van der Waals surface area contributed by atoms with Gasteiger partial charge < -0.3 is 28.0 Å². The van der Waals surface area contributed by atoms with Gasteiger partial charge >= 0.3 is 11.7 Å². The summed E-state index contributed by atoms with van der Waals surface area (Å²) in [6, 6.07) is 12.7. The number of likely N-dealkylation sites (tertiary alicyclic amines) is 1. The minimum Gasteiger partial charge on any atom is -0.467 e. The highest BCUT2D eigenvalue weighted by Gasteiger charge is 2.61. The Hall–Kier alpha value is -3.51. The second-order valence-corrected chi connectivity index (χ2v) is 18.9. The summed E-state index contributed by atoms with van der Waals surface area (Å²) in [5, 5.41) is 3.29. The highest BCUT2D eigenvalue weighted by Crippen LogP contribution is 2.45. The van der Waals surface area contributed by atoms with Crippen molar-refractivity contribution in [2.45, 2.75) is 95.8 Å². The number of rotatable bonds is 7. The fourth-order valence-electron chi connectivity index (χ4n) is 6.64. The van der Waals surface area contributed by atoms with Crippen molar-refractivity contribution < 1.29 is 32.6 Å². The van der Waals surface area contributed by atoms with Crippen LogP contribution in [0.3, 0.4) is 0 Å². The summed E-state index contributed by atoms with van der Waals surface area (Å²) >= 11 is 0. The molecule has 6 rings (SSSR count). The molecule has 4 aromatic rings. The van der Waals surface area contributed by atoms with E-state index in [1.165, 1.54) is 16.6 Å². The number of fused-ring (bicyclic) bond motifs is 6. The van der Waals surface area contributed by atoms with Crippen LogP contribution in [0.1, 0.15) is 47.6 Å². The average Bonchev–Trinajstić information content (AvgIpc) is 3.51. The molecular weight excluding hydrogens is 592 g/mol. The van der Waals surface area contributed by atoms with Crippen LogP contribution in [0.5, 0.6) is 0 Å². The second kappa shape index (κ2) is 10.8. The fraction of sp³-hybridized carbons (Fsp3) is 0.500. The van der Waals surface area contributed by atoms with Gasteiger partial charge in [-0.1, -0.05) is 69.3 Å². The van der Waals surface area contributed by atoms with Gasteiger partial charge in [0.25, 0.3) is 0 Å². The van der Waals surface area contributed by atoms with Crippen molar-refractivity contribution in [2.75, 3.05) is 13.7 Å². The summed E-state index contributed by atoms with van der Waals surface area (Å²) in [6.45, 7) is 16.1. The maximum atomic E-state index is 14.5. The molecule has 0 N–H and O–H groups in total. The van der Waals surface area contributed by atoms with Gasteiger partial charge in [0.05, 0.1) is 31.4 Å². The fourth-order valence-corrected chi connectivity index (χ4v) is 8.05. The van der Waals surface area contributed by atoms with E-state index in [1.54, 1.807) is 20.8 Å². The van der Waals surface area contributed by atoms with E-state index < -0.39 is 62.1 Å². The van der Waals surface area contributed by atoms with Crippen molar-refractivity contribution in [3.8, 4) is 0 Å². The van der Waals surface area contributed by atoms with Crippen molar-refractivity contribution in [1.82, 2.24) is 9.47 Å². The Kier molecular flexibility index (Phi) is 7.55. The van der Waals surface area contributed by atoms with Crippen LogP contribution in [0.25, 0.3) is 32.6 Å². The molecule has 0 aliphatic carbocycles. The van der Waals surface area contributed by atoms with E-state index in [2.05, 4.69) is 33.9 Å². The van der Waals surface area contributed by atoms with E-state index in [1.807, 2.05) is 48.5 Å². The van der Waals surface area contributed by atoms with Gasteiger partial charge in [0.2, 0.25) is 5.91 Å². The monoisotopic (exact) mass is 634 g/mol. The summed E-state index contributed by atoms with van der Waals surface area (Å²) in [6.07, 6.45) is -1.33. The third-order valence-electron chi connectivity index (χ3n) is 9.80.